The summed E-state index contributed by atoms with van der Waals surface area (Å²) in [5, 5.41) is 2.94. The number of benzene rings is 2. The van der Waals surface area contributed by atoms with E-state index in [1.807, 2.05) is 45.0 Å². The van der Waals surface area contributed by atoms with Gasteiger partial charge in [-0.25, -0.2) is 0 Å². The van der Waals surface area contributed by atoms with Gasteiger partial charge in [0.1, 0.15) is 5.75 Å². The van der Waals surface area contributed by atoms with Crippen molar-refractivity contribution >= 4 is 17.3 Å². The molecule has 4 nitrogen and oxygen atoms in total. The summed E-state index contributed by atoms with van der Waals surface area (Å²) in [5.74, 6) is 0.382. The van der Waals surface area contributed by atoms with E-state index in [0.29, 0.717) is 23.6 Å². The van der Waals surface area contributed by atoms with Gasteiger partial charge < -0.3 is 15.8 Å². The molecule has 0 bridgehead atoms. The van der Waals surface area contributed by atoms with E-state index in [-0.39, 0.29) is 5.91 Å². The number of rotatable bonds is 4. The van der Waals surface area contributed by atoms with Crippen LogP contribution in [-0.2, 0) is 0 Å². The van der Waals surface area contributed by atoms with Crippen molar-refractivity contribution in [2.45, 2.75) is 20.8 Å². The molecule has 0 aliphatic carbocycles. The van der Waals surface area contributed by atoms with Crippen LogP contribution in [0.1, 0.15) is 28.4 Å². The van der Waals surface area contributed by atoms with Gasteiger partial charge in [0, 0.05) is 11.4 Å². The molecule has 21 heavy (non-hydrogen) atoms. The number of nitrogens with two attached hydrogens (primary N) is 1. The van der Waals surface area contributed by atoms with Crippen LogP contribution in [-0.4, -0.2) is 12.5 Å². The first-order valence-corrected chi connectivity index (χ1v) is 6.93. The third-order valence-electron chi connectivity index (χ3n) is 3.39. The largest absolute Gasteiger partial charge is 0.493 e. The highest BCUT2D eigenvalue weighted by Crippen LogP contribution is 2.27. The second-order valence-corrected chi connectivity index (χ2v) is 4.85. The lowest BCUT2D eigenvalue weighted by Crippen LogP contribution is -2.15. The van der Waals surface area contributed by atoms with Crippen molar-refractivity contribution in [1.82, 2.24) is 0 Å². The summed E-state index contributed by atoms with van der Waals surface area (Å²) in [6.07, 6.45) is 0. The topological polar surface area (TPSA) is 64.3 Å². The Hall–Kier alpha value is -2.49. The van der Waals surface area contributed by atoms with Gasteiger partial charge in [0.15, 0.2) is 0 Å². The monoisotopic (exact) mass is 284 g/mol. The Balaban J connectivity index is 2.33. The zero-order chi connectivity index (χ0) is 15.4. The van der Waals surface area contributed by atoms with Gasteiger partial charge in [-0.2, -0.15) is 0 Å². The molecule has 0 fully saturated rings. The quantitative estimate of drug-likeness (QED) is 0.844. The third kappa shape index (κ3) is 3.16. The van der Waals surface area contributed by atoms with Crippen molar-refractivity contribution in [2.75, 3.05) is 17.7 Å². The first-order chi connectivity index (χ1) is 10.0. The number of anilines is 2. The van der Waals surface area contributed by atoms with Gasteiger partial charge in [0.2, 0.25) is 0 Å². The van der Waals surface area contributed by atoms with Gasteiger partial charge in [-0.15, -0.1) is 0 Å². The van der Waals surface area contributed by atoms with Gasteiger partial charge >= 0.3 is 0 Å². The second kappa shape index (κ2) is 6.31. The SMILES string of the molecule is CCOc1ccccc1C(=O)Nc1c(C)ccc(N)c1C. The number of nitrogen functional groups attached to an aromatic ring is 1. The highest BCUT2D eigenvalue weighted by molar-refractivity contribution is 6.07. The summed E-state index contributed by atoms with van der Waals surface area (Å²) in [7, 11) is 0. The van der Waals surface area contributed by atoms with Crippen LogP contribution >= 0.6 is 0 Å². The van der Waals surface area contributed by atoms with E-state index in [0.717, 1.165) is 16.8 Å². The summed E-state index contributed by atoms with van der Waals surface area (Å²) in [5.41, 5.74) is 9.69. The van der Waals surface area contributed by atoms with Gasteiger partial charge in [-0.1, -0.05) is 18.2 Å². The van der Waals surface area contributed by atoms with Crippen LogP contribution < -0.4 is 15.8 Å². The number of aryl methyl sites for hydroxylation is 1. The molecule has 0 aromatic heterocycles. The van der Waals surface area contributed by atoms with E-state index < -0.39 is 0 Å². The van der Waals surface area contributed by atoms with Gasteiger partial charge in [0.05, 0.1) is 12.2 Å². The van der Waals surface area contributed by atoms with Crippen molar-refractivity contribution in [3.05, 3.63) is 53.1 Å². The number of carbonyl (C=O) groups excluding carboxylic acids is 1. The molecule has 0 saturated heterocycles. The van der Waals surface area contributed by atoms with Crippen LogP contribution in [0, 0.1) is 13.8 Å². The zero-order valence-electron chi connectivity index (χ0n) is 12.6. The van der Waals surface area contributed by atoms with E-state index >= 15 is 0 Å². The van der Waals surface area contributed by atoms with Crippen LogP contribution in [0.3, 0.4) is 0 Å². The molecule has 0 aliphatic heterocycles. The predicted octanol–water partition coefficient (Wildman–Crippen LogP) is 3.54. The molecule has 2 rings (SSSR count). The molecule has 0 radical (unpaired) electrons. The summed E-state index contributed by atoms with van der Waals surface area (Å²) < 4.78 is 5.49. The summed E-state index contributed by atoms with van der Waals surface area (Å²) in [4.78, 5) is 12.5. The van der Waals surface area contributed by atoms with Crippen molar-refractivity contribution in [1.29, 1.82) is 0 Å². The number of nitrogens with one attached hydrogen (secondary N) is 1. The molecule has 3 N–H and O–H groups in total. The Morgan fingerprint density at radius 3 is 2.62 bits per heavy atom. The number of hydrogen-bond acceptors (Lipinski definition) is 3. The number of carbonyl (C=O) groups is 1. The normalized spacial score (nSPS) is 10.2. The molecule has 0 saturated carbocycles. The fourth-order valence-electron chi connectivity index (χ4n) is 2.17. The van der Waals surface area contributed by atoms with Crippen LogP contribution in [0.15, 0.2) is 36.4 Å². The number of amides is 1. The first kappa shape index (κ1) is 14.9. The summed E-state index contributed by atoms with van der Waals surface area (Å²) >= 11 is 0. The average molecular weight is 284 g/mol. The minimum Gasteiger partial charge on any atom is -0.493 e. The van der Waals surface area contributed by atoms with Crippen molar-refractivity contribution in [3.8, 4) is 5.75 Å². The Kier molecular flexibility index (Phi) is 4.48. The van der Waals surface area contributed by atoms with Crippen LogP contribution in [0.2, 0.25) is 0 Å². The van der Waals surface area contributed by atoms with Crippen LogP contribution in [0.5, 0.6) is 5.75 Å². The third-order valence-corrected chi connectivity index (χ3v) is 3.39. The van der Waals surface area contributed by atoms with Crippen molar-refractivity contribution < 1.29 is 9.53 Å². The van der Waals surface area contributed by atoms with E-state index in [1.54, 1.807) is 12.1 Å². The molecule has 4 heteroatoms. The molecule has 0 aliphatic rings. The number of hydrogen-bond donors (Lipinski definition) is 2. The minimum absolute atomic E-state index is 0.198. The van der Waals surface area contributed by atoms with Crippen LogP contribution in [0.4, 0.5) is 11.4 Å². The Morgan fingerprint density at radius 2 is 1.90 bits per heavy atom. The molecule has 0 unspecified atom stereocenters. The molecule has 110 valence electrons. The van der Waals surface area contributed by atoms with Gasteiger partial charge in [-0.3, -0.25) is 4.79 Å². The van der Waals surface area contributed by atoms with E-state index in [4.69, 9.17) is 10.5 Å². The number of ether oxygens (including phenoxy) is 1. The van der Waals surface area contributed by atoms with Crippen molar-refractivity contribution in [2.24, 2.45) is 0 Å². The Bertz CT molecular complexity index is 666. The minimum atomic E-state index is -0.198. The molecular weight excluding hydrogens is 264 g/mol. The standard InChI is InChI=1S/C17H20N2O2/c1-4-21-15-8-6-5-7-13(15)17(20)19-16-11(2)9-10-14(18)12(16)3/h5-10H,4,18H2,1-3H3,(H,19,20). The smallest absolute Gasteiger partial charge is 0.259 e. The molecule has 2 aromatic rings. The molecule has 0 spiro atoms. The Morgan fingerprint density at radius 1 is 1.19 bits per heavy atom. The fourth-order valence-corrected chi connectivity index (χ4v) is 2.17. The lowest BCUT2D eigenvalue weighted by Gasteiger charge is -2.15. The molecule has 0 heterocycles. The zero-order valence-corrected chi connectivity index (χ0v) is 12.6. The van der Waals surface area contributed by atoms with Gasteiger partial charge in [-0.05, 0) is 50.1 Å². The van der Waals surface area contributed by atoms with Gasteiger partial charge in [0.25, 0.3) is 5.91 Å². The van der Waals surface area contributed by atoms with Crippen molar-refractivity contribution in [3.63, 3.8) is 0 Å². The van der Waals surface area contributed by atoms with Crippen LogP contribution in [0.25, 0.3) is 0 Å². The number of para-hydroxylation sites is 1. The molecule has 0 atom stereocenters. The lowest BCUT2D eigenvalue weighted by atomic mass is 10.1. The van der Waals surface area contributed by atoms with E-state index in [1.165, 1.54) is 0 Å². The first-order valence-electron chi connectivity index (χ1n) is 6.93. The lowest BCUT2D eigenvalue weighted by molar-refractivity contribution is 0.102. The maximum absolute atomic E-state index is 12.5. The van der Waals surface area contributed by atoms with E-state index in [2.05, 4.69) is 5.32 Å². The predicted molar refractivity (Wildman–Crippen MR) is 85.9 cm³/mol. The highest BCUT2D eigenvalue weighted by atomic mass is 16.5. The molecule has 2 aromatic carbocycles. The highest BCUT2D eigenvalue weighted by Gasteiger charge is 2.15. The average Bonchev–Trinajstić information content (AvgIpc) is 2.48. The van der Waals surface area contributed by atoms with E-state index in [9.17, 15) is 4.79 Å². The Labute approximate surface area is 124 Å². The molecule has 1 amide bonds. The maximum Gasteiger partial charge on any atom is 0.259 e. The maximum atomic E-state index is 12.5. The molecular formula is C17H20N2O2. The summed E-state index contributed by atoms with van der Waals surface area (Å²) in [6, 6.07) is 10.9. The summed E-state index contributed by atoms with van der Waals surface area (Å²) in [6.45, 7) is 6.24. The fraction of sp³-hybridized carbons (Fsp3) is 0.235. The second-order valence-electron chi connectivity index (χ2n) is 4.85.